The summed E-state index contributed by atoms with van der Waals surface area (Å²) in [5.74, 6) is 0.765. The Morgan fingerprint density at radius 1 is 1.34 bits per heavy atom. The summed E-state index contributed by atoms with van der Waals surface area (Å²) in [6.07, 6.45) is 3.99. The standard InChI is InChI=1S/C21H25N3O4S/c1-12-5-6-15-17(24(12)20(25)26)8-7-14(18(15)28-13-3-2-4-13)16-9-29-19(23-16)21(27)10-22-11-21/h7-9,12-13,22,27H,2-6,10-11H2,1H3,(H,25,26)/t12-/m0/s1. The molecule has 0 radical (unpaired) electrons. The molecule has 0 spiro atoms. The fourth-order valence-corrected chi connectivity index (χ4v) is 5.13. The number of rotatable bonds is 4. The number of hydrogen-bond acceptors (Lipinski definition) is 6. The SMILES string of the molecule is C[C@H]1CCc2c(ccc(-c3csc(C4(O)CNC4)n3)c2OC2CCC2)N1C(=O)O. The fraction of sp³-hybridized carbons (Fsp3) is 0.524. The lowest BCUT2D eigenvalue weighted by atomic mass is 9.92. The van der Waals surface area contributed by atoms with Crippen molar-refractivity contribution < 1.29 is 19.7 Å². The summed E-state index contributed by atoms with van der Waals surface area (Å²) in [6.45, 7) is 2.97. The molecule has 29 heavy (non-hydrogen) atoms. The highest BCUT2D eigenvalue weighted by molar-refractivity contribution is 7.10. The fourth-order valence-electron chi connectivity index (χ4n) is 4.21. The molecule has 2 aliphatic heterocycles. The summed E-state index contributed by atoms with van der Waals surface area (Å²) in [5, 5.41) is 26.1. The van der Waals surface area contributed by atoms with Gasteiger partial charge in [0.25, 0.3) is 0 Å². The van der Waals surface area contributed by atoms with E-state index in [1.807, 2.05) is 24.4 Å². The second-order valence-electron chi connectivity index (χ2n) is 8.32. The smallest absolute Gasteiger partial charge is 0.412 e. The average Bonchev–Trinajstić information content (AvgIpc) is 3.12. The van der Waals surface area contributed by atoms with Crippen LogP contribution in [0, 0.1) is 0 Å². The number of hydrogen-bond donors (Lipinski definition) is 3. The van der Waals surface area contributed by atoms with Gasteiger partial charge in [-0.1, -0.05) is 0 Å². The van der Waals surface area contributed by atoms with Crippen LogP contribution < -0.4 is 15.0 Å². The minimum Gasteiger partial charge on any atom is -0.489 e. The van der Waals surface area contributed by atoms with E-state index in [-0.39, 0.29) is 12.1 Å². The molecule has 2 fully saturated rings. The van der Waals surface area contributed by atoms with Gasteiger partial charge in [-0.3, -0.25) is 4.90 Å². The van der Waals surface area contributed by atoms with Crippen LogP contribution in [0.25, 0.3) is 11.3 Å². The number of anilines is 1. The molecule has 3 heterocycles. The van der Waals surface area contributed by atoms with E-state index in [1.54, 1.807) is 0 Å². The molecule has 1 aliphatic carbocycles. The summed E-state index contributed by atoms with van der Waals surface area (Å²) in [6, 6.07) is 3.73. The lowest BCUT2D eigenvalue weighted by molar-refractivity contribution is -0.0147. The van der Waals surface area contributed by atoms with Gasteiger partial charge < -0.3 is 20.3 Å². The van der Waals surface area contributed by atoms with Crippen LogP contribution in [-0.2, 0) is 12.0 Å². The van der Waals surface area contributed by atoms with Crippen molar-refractivity contribution in [2.75, 3.05) is 18.0 Å². The molecule has 1 saturated carbocycles. The largest absolute Gasteiger partial charge is 0.489 e. The van der Waals surface area contributed by atoms with E-state index in [0.29, 0.717) is 23.8 Å². The normalized spacial score (nSPS) is 23.1. The highest BCUT2D eigenvalue weighted by Gasteiger charge is 2.39. The summed E-state index contributed by atoms with van der Waals surface area (Å²) < 4.78 is 6.40. The number of β-amino-alcohol motifs (C(OH)–C–C–N with tert-alkyl or cyclic N) is 1. The third-order valence-corrected chi connectivity index (χ3v) is 7.34. The van der Waals surface area contributed by atoms with E-state index < -0.39 is 11.7 Å². The Bertz CT molecular complexity index is 951. The van der Waals surface area contributed by atoms with Crippen LogP contribution in [0.5, 0.6) is 5.75 Å². The topological polar surface area (TPSA) is 94.9 Å². The molecular weight excluding hydrogens is 390 g/mol. The molecule has 1 amide bonds. The van der Waals surface area contributed by atoms with E-state index in [4.69, 9.17) is 9.72 Å². The van der Waals surface area contributed by atoms with Gasteiger partial charge in [0.1, 0.15) is 16.4 Å². The van der Waals surface area contributed by atoms with E-state index in [2.05, 4.69) is 5.32 Å². The Hall–Kier alpha value is -2.16. The lowest BCUT2D eigenvalue weighted by Crippen LogP contribution is -2.56. The van der Waals surface area contributed by atoms with E-state index >= 15 is 0 Å². The number of aliphatic hydroxyl groups is 1. The van der Waals surface area contributed by atoms with Gasteiger partial charge in [-0.05, 0) is 51.2 Å². The number of carboxylic acid groups (broad SMARTS) is 1. The van der Waals surface area contributed by atoms with Gasteiger partial charge in [0.05, 0.1) is 17.5 Å². The summed E-state index contributed by atoms with van der Waals surface area (Å²) in [5.41, 5.74) is 2.44. The first kappa shape index (κ1) is 18.8. The number of ether oxygens (including phenoxy) is 1. The summed E-state index contributed by atoms with van der Waals surface area (Å²) >= 11 is 1.46. The van der Waals surface area contributed by atoms with Crippen molar-refractivity contribution in [2.24, 2.45) is 0 Å². The Labute approximate surface area is 173 Å². The number of nitrogens with zero attached hydrogens (tertiary/aromatic N) is 2. The Morgan fingerprint density at radius 2 is 2.14 bits per heavy atom. The minimum absolute atomic E-state index is 0.0614. The highest BCUT2D eigenvalue weighted by atomic mass is 32.1. The van der Waals surface area contributed by atoms with Crippen molar-refractivity contribution in [3.05, 3.63) is 28.1 Å². The molecule has 5 rings (SSSR count). The maximum atomic E-state index is 11.9. The third kappa shape index (κ3) is 3.10. The molecule has 1 aromatic heterocycles. The molecular formula is C21H25N3O4S. The van der Waals surface area contributed by atoms with Crippen molar-refractivity contribution in [2.45, 2.75) is 56.8 Å². The number of aromatic nitrogens is 1. The zero-order chi connectivity index (χ0) is 20.2. The molecule has 8 heteroatoms. The van der Waals surface area contributed by atoms with Crippen molar-refractivity contribution in [1.82, 2.24) is 10.3 Å². The molecule has 2 aromatic rings. The molecule has 0 unspecified atom stereocenters. The third-order valence-electron chi connectivity index (χ3n) is 6.30. The summed E-state index contributed by atoms with van der Waals surface area (Å²) in [7, 11) is 0. The van der Waals surface area contributed by atoms with Crippen LogP contribution in [0.4, 0.5) is 10.5 Å². The van der Waals surface area contributed by atoms with E-state index in [1.165, 1.54) is 16.2 Å². The van der Waals surface area contributed by atoms with Gasteiger partial charge in [0.2, 0.25) is 0 Å². The first-order chi connectivity index (χ1) is 14.0. The first-order valence-corrected chi connectivity index (χ1v) is 11.1. The van der Waals surface area contributed by atoms with Crippen LogP contribution in [-0.4, -0.2) is 46.5 Å². The van der Waals surface area contributed by atoms with Gasteiger partial charge >= 0.3 is 6.09 Å². The van der Waals surface area contributed by atoms with Crippen molar-refractivity contribution in [1.29, 1.82) is 0 Å². The molecule has 1 aromatic carbocycles. The molecule has 7 nitrogen and oxygen atoms in total. The zero-order valence-electron chi connectivity index (χ0n) is 16.4. The maximum absolute atomic E-state index is 11.9. The van der Waals surface area contributed by atoms with Crippen LogP contribution >= 0.6 is 11.3 Å². The van der Waals surface area contributed by atoms with Crippen LogP contribution in [0.15, 0.2) is 17.5 Å². The number of amides is 1. The molecule has 154 valence electrons. The van der Waals surface area contributed by atoms with Crippen molar-refractivity contribution in [3.63, 3.8) is 0 Å². The Balaban J connectivity index is 1.59. The number of benzene rings is 1. The predicted molar refractivity (Wildman–Crippen MR) is 111 cm³/mol. The lowest BCUT2D eigenvalue weighted by Gasteiger charge is -2.36. The zero-order valence-corrected chi connectivity index (χ0v) is 17.2. The molecule has 3 N–H and O–H groups in total. The second kappa shape index (κ2) is 6.97. The number of carbonyl (C=O) groups is 1. The van der Waals surface area contributed by atoms with Crippen molar-refractivity contribution >= 4 is 23.1 Å². The molecule has 1 atom stereocenters. The number of thiazole rings is 1. The highest BCUT2D eigenvalue weighted by Crippen LogP contribution is 2.45. The van der Waals surface area contributed by atoms with Gasteiger partial charge in [-0.15, -0.1) is 11.3 Å². The Kier molecular flexibility index (Phi) is 4.53. The maximum Gasteiger partial charge on any atom is 0.412 e. The average molecular weight is 416 g/mol. The van der Waals surface area contributed by atoms with Gasteiger partial charge in [-0.25, -0.2) is 9.78 Å². The summed E-state index contributed by atoms with van der Waals surface area (Å²) in [4.78, 5) is 18.0. The van der Waals surface area contributed by atoms with Gasteiger partial charge in [-0.2, -0.15) is 0 Å². The number of nitrogens with one attached hydrogen (secondary N) is 1. The Morgan fingerprint density at radius 3 is 2.76 bits per heavy atom. The minimum atomic E-state index is -0.934. The van der Waals surface area contributed by atoms with Crippen LogP contribution in [0.1, 0.15) is 43.2 Å². The van der Waals surface area contributed by atoms with Crippen LogP contribution in [0.2, 0.25) is 0 Å². The van der Waals surface area contributed by atoms with Gasteiger partial charge in [0.15, 0.2) is 0 Å². The van der Waals surface area contributed by atoms with E-state index in [0.717, 1.165) is 54.7 Å². The molecule has 3 aliphatic rings. The molecule has 1 saturated heterocycles. The van der Waals surface area contributed by atoms with Gasteiger partial charge in [0, 0.05) is 35.6 Å². The molecule has 0 bridgehead atoms. The van der Waals surface area contributed by atoms with Crippen LogP contribution in [0.3, 0.4) is 0 Å². The first-order valence-electron chi connectivity index (χ1n) is 10.2. The quantitative estimate of drug-likeness (QED) is 0.709. The second-order valence-corrected chi connectivity index (χ2v) is 9.18. The monoisotopic (exact) mass is 415 g/mol. The van der Waals surface area contributed by atoms with Crippen molar-refractivity contribution in [3.8, 4) is 17.0 Å². The van der Waals surface area contributed by atoms with E-state index in [9.17, 15) is 15.0 Å². The number of fused-ring (bicyclic) bond motifs is 1. The predicted octanol–water partition coefficient (Wildman–Crippen LogP) is 3.35.